The van der Waals surface area contributed by atoms with Crippen molar-refractivity contribution in [1.82, 2.24) is 15.2 Å². The van der Waals surface area contributed by atoms with Gasteiger partial charge in [0.05, 0.1) is 6.42 Å². The highest BCUT2D eigenvalue weighted by Gasteiger charge is 2.18. The van der Waals surface area contributed by atoms with Gasteiger partial charge in [0.25, 0.3) is 0 Å². The van der Waals surface area contributed by atoms with Crippen molar-refractivity contribution in [3.63, 3.8) is 0 Å². The van der Waals surface area contributed by atoms with Gasteiger partial charge in [0, 0.05) is 12.6 Å². The Balaban J connectivity index is 2.61. The van der Waals surface area contributed by atoms with Gasteiger partial charge in [-0.05, 0) is 20.4 Å². The Hall–Kier alpha value is -1.43. The van der Waals surface area contributed by atoms with Gasteiger partial charge in [-0.15, -0.1) is 0 Å². The van der Waals surface area contributed by atoms with E-state index >= 15 is 0 Å². The average Bonchev–Trinajstić information content (AvgIpc) is 2.59. The van der Waals surface area contributed by atoms with E-state index in [-0.39, 0.29) is 12.5 Å². The van der Waals surface area contributed by atoms with Crippen LogP contribution in [0.5, 0.6) is 0 Å². The third-order valence-corrected chi connectivity index (χ3v) is 2.60. The van der Waals surface area contributed by atoms with Gasteiger partial charge in [-0.25, -0.2) is 4.63 Å². The molecule has 1 aromatic heterocycles. The summed E-state index contributed by atoms with van der Waals surface area (Å²) in [7, 11) is 0. The highest BCUT2D eigenvalue weighted by molar-refractivity contribution is 5.67. The second-order valence-electron chi connectivity index (χ2n) is 3.81. The molecule has 0 saturated heterocycles. The molecule has 0 fully saturated rings. The molecular weight excluding hydrogens is 210 g/mol. The van der Waals surface area contributed by atoms with E-state index in [1.54, 1.807) is 0 Å². The lowest BCUT2D eigenvalue weighted by Gasteiger charge is -2.25. The number of carboxylic acids is 1. The Labute approximate surface area is 94.2 Å². The molecule has 1 atom stereocenters. The fraction of sp³-hybridized carbons (Fsp3) is 0.700. The van der Waals surface area contributed by atoms with Crippen LogP contribution in [0.3, 0.4) is 0 Å². The molecule has 0 radical (unpaired) electrons. The molecule has 1 unspecified atom stereocenters. The summed E-state index contributed by atoms with van der Waals surface area (Å²) in [6, 6.07) is -0.0291. The summed E-state index contributed by atoms with van der Waals surface area (Å²) in [6.07, 6.45) is 0.123. The zero-order chi connectivity index (χ0) is 12.1. The Morgan fingerprint density at radius 2 is 2.25 bits per heavy atom. The summed E-state index contributed by atoms with van der Waals surface area (Å²) in [5.74, 6) is -0.791. The Morgan fingerprint density at radius 3 is 2.69 bits per heavy atom. The predicted octanol–water partition coefficient (Wildman–Crippen LogP) is 1.06. The van der Waals surface area contributed by atoms with Crippen LogP contribution in [0.2, 0.25) is 0 Å². The summed E-state index contributed by atoms with van der Waals surface area (Å²) in [6.45, 7) is 7.03. The molecule has 1 N–H and O–H groups in total. The number of carboxylic acid groups (broad SMARTS) is 1. The molecule has 90 valence electrons. The second kappa shape index (κ2) is 5.60. The maximum atomic E-state index is 10.6. The minimum Gasteiger partial charge on any atom is -0.481 e. The smallest absolute Gasteiger partial charge is 0.304 e. The number of hydrogen-bond donors (Lipinski definition) is 1. The van der Waals surface area contributed by atoms with Crippen LogP contribution in [-0.2, 0) is 11.3 Å². The van der Waals surface area contributed by atoms with E-state index in [0.29, 0.717) is 6.54 Å². The molecular formula is C10H17N3O3. The number of hydrogen-bond acceptors (Lipinski definition) is 5. The van der Waals surface area contributed by atoms with E-state index < -0.39 is 5.97 Å². The van der Waals surface area contributed by atoms with Crippen LogP contribution >= 0.6 is 0 Å². The van der Waals surface area contributed by atoms with Gasteiger partial charge in [-0.1, -0.05) is 17.2 Å². The lowest BCUT2D eigenvalue weighted by atomic mass is 10.2. The molecule has 0 amide bonds. The Morgan fingerprint density at radius 1 is 1.56 bits per heavy atom. The van der Waals surface area contributed by atoms with Gasteiger partial charge in [0.1, 0.15) is 11.4 Å². The molecule has 0 aromatic carbocycles. The van der Waals surface area contributed by atoms with Crippen molar-refractivity contribution in [2.24, 2.45) is 0 Å². The van der Waals surface area contributed by atoms with Gasteiger partial charge < -0.3 is 5.11 Å². The largest absolute Gasteiger partial charge is 0.481 e. The van der Waals surface area contributed by atoms with Crippen molar-refractivity contribution in [3.8, 4) is 0 Å². The van der Waals surface area contributed by atoms with Crippen LogP contribution in [0.15, 0.2) is 4.63 Å². The normalized spacial score (nSPS) is 13.0. The first-order valence-corrected chi connectivity index (χ1v) is 5.28. The van der Waals surface area contributed by atoms with Crippen molar-refractivity contribution in [2.45, 2.75) is 39.8 Å². The highest BCUT2D eigenvalue weighted by atomic mass is 16.6. The van der Waals surface area contributed by atoms with Crippen LogP contribution in [0.25, 0.3) is 0 Å². The summed E-state index contributed by atoms with van der Waals surface area (Å²) < 4.78 is 4.61. The fourth-order valence-corrected chi connectivity index (χ4v) is 1.55. The molecule has 0 saturated carbocycles. The number of aliphatic carboxylic acids is 1. The zero-order valence-electron chi connectivity index (χ0n) is 9.80. The quantitative estimate of drug-likeness (QED) is 0.782. The minimum atomic E-state index is -0.791. The maximum absolute atomic E-state index is 10.6. The lowest BCUT2D eigenvalue weighted by molar-refractivity contribution is -0.138. The average molecular weight is 227 g/mol. The minimum absolute atomic E-state index is 0.0291. The van der Waals surface area contributed by atoms with Crippen LogP contribution in [0.4, 0.5) is 0 Å². The van der Waals surface area contributed by atoms with Crippen molar-refractivity contribution in [3.05, 3.63) is 11.4 Å². The van der Waals surface area contributed by atoms with Gasteiger partial charge in [-0.2, -0.15) is 0 Å². The van der Waals surface area contributed by atoms with E-state index in [9.17, 15) is 4.79 Å². The molecule has 0 bridgehead atoms. The topological polar surface area (TPSA) is 79.5 Å². The van der Waals surface area contributed by atoms with Crippen LogP contribution in [0.1, 0.15) is 31.7 Å². The first kappa shape index (κ1) is 12.6. The summed E-state index contributed by atoms with van der Waals surface area (Å²) >= 11 is 0. The molecule has 1 aromatic rings. The lowest BCUT2D eigenvalue weighted by Crippen LogP contribution is -2.34. The number of rotatable bonds is 6. The molecule has 0 spiro atoms. The standard InChI is InChI=1S/C10H17N3O3/c1-4-13(7(2)5-10(14)15)6-9-8(3)11-16-12-9/h7H,4-6H2,1-3H3,(H,14,15). The fourth-order valence-electron chi connectivity index (χ4n) is 1.55. The molecule has 6 heteroatoms. The van der Waals surface area contributed by atoms with Crippen molar-refractivity contribution in [1.29, 1.82) is 0 Å². The zero-order valence-corrected chi connectivity index (χ0v) is 9.80. The SMILES string of the molecule is CCN(Cc1nonc1C)C(C)CC(=O)O. The van der Waals surface area contributed by atoms with Crippen molar-refractivity contribution < 1.29 is 14.5 Å². The molecule has 6 nitrogen and oxygen atoms in total. The monoisotopic (exact) mass is 227 g/mol. The second-order valence-corrected chi connectivity index (χ2v) is 3.81. The Bertz CT molecular complexity index is 351. The summed E-state index contributed by atoms with van der Waals surface area (Å²) in [4.78, 5) is 12.7. The van der Waals surface area contributed by atoms with Crippen LogP contribution in [0, 0.1) is 6.92 Å². The Kier molecular flexibility index (Phi) is 4.42. The van der Waals surface area contributed by atoms with Gasteiger partial charge >= 0.3 is 5.97 Å². The molecule has 1 heterocycles. The van der Waals surface area contributed by atoms with Crippen molar-refractivity contribution in [2.75, 3.05) is 6.54 Å². The van der Waals surface area contributed by atoms with E-state index in [2.05, 4.69) is 14.9 Å². The first-order chi connectivity index (χ1) is 7.54. The van der Waals surface area contributed by atoms with E-state index in [4.69, 9.17) is 5.11 Å². The first-order valence-electron chi connectivity index (χ1n) is 5.28. The van der Waals surface area contributed by atoms with Gasteiger partial charge in [-0.3, -0.25) is 9.69 Å². The number of carbonyl (C=O) groups is 1. The van der Waals surface area contributed by atoms with Gasteiger partial charge in [0.15, 0.2) is 0 Å². The van der Waals surface area contributed by atoms with Gasteiger partial charge in [0.2, 0.25) is 0 Å². The summed E-state index contributed by atoms with van der Waals surface area (Å²) in [5, 5.41) is 16.2. The van der Waals surface area contributed by atoms with E-state index in [1.165, 1.54) is 0 Å². The third kappa shape index (κ3) is 3.30. The molecule has 0 aliphatic rings. The molecule has 0 aliphatic carbocycles. The predicted molar refractivity (Wildman–Crippen MR) is 56.8 cm³/mol. The number of nitrogens with zero attached hydrogens (tertiary/aromatic N) is 3. The van der Waals surface area contributed by atoms with Crippen LogP contribution < -0.4 is 0 Å². The molecule has 16 heavy (non-hydrogen) atoms. The maximum Gasteiger partial charge on any atom is 0.304 e. The number of aromatic nitrogens is 2. The third-order valence-electron chi connectivity index (χ3n) is 2.60. The van der Waals surface area contributed by atoms with Crippen molar-refractivity contribution >= 4 is 5.97 Å². The number of aryl methyl sites for hydroxylation is 1. The van der Waals surface area contributed by atoms with Crippen LogP contribution in [-0.4, -0.2) is 38.9 Å². The molecule has 0 aliphatic heterocycles. The summed E-state index contributed by atoms with van der Waals surface area (Å²) in [5.41, 5.74) is 1.51. The molecule has 1 rings (SSSR count). The van der Waals surface area contributed by atoms with E-state index in [1.807, 2.05) is 25.7 Å². The van der Waals surface area contributed by atoms with E-state index in [0.717, 1.165) is 17.9 Å². The highest BCUT2D eigenvalue weighted by Crippen LogP contribution is 2.10.